The molecule has 0 atom stereocenters. The van der Waals surface area contributed by atoms with Crippen LogP contribution in [0.15, 0.2) is 60.7 Å². The summed E-state index contributed by atoms with van der Waals surface area (Å²) in [5.74, 6) is 0.218. The summed E-state index contributed by atoms with van der Waals surface area (Å²) in [6.45, 7) is 0.337. The van der Waals surface area contributed by atoms with Crippen LogP contribution in [0.1, 0.15) is 5.56 Å². The summed E-state index contributed by atoms with van der Waals surface area (Å²) in [5, 5.41) is 6.03. The minimum atomic E-state index is -0.214. The van der Waals surface area contributed by atoms with Crippen LogP contribution in [0.2, 0.25) is 10.0 Å². The van der Waals surface area contributed by atoms with E-state index in [2.05, 4.69) is 5.32 Å². The van der Waals surface area contributed by atoms with Crippen molar-refractivity contribution >= 4 is 39.9 Å². The number of hydrogen-bond donors (Lipinski definition) is 1. The number of ether oxygens (including phenoxy) is 1. The lowest BCUT2D eigenvalue weighted by Gasteiger charge is -2.10. The highest BCUT2D eigenvalue weighted by atomic mass is 35.5. The Kier molecular flexibility index (Phi) is 5.24. The summed E-state index contributed by atoms with van der Waals surface area (Å²) < 4.78 is 5.43. The molecule has 0 unspecified atom stereocenters. The van der Waals surface area contributed by atoms with Gasteiger partial charge < -0.3 is 10.1 Å². The first-order valence-corrected chi connectivity index (χ1v) is 8.20. The number of fused-ring (bicyclic) bond motifs is 1. The lowest BCUT2D eigenvalue weighted by atomic mass is 10.0. The standard InChI is InChI=1S/C19H15Cl2NO2/c20-15-8-9-18(17(21)10-15)24-12-19(23)22-11-14-6-3-5-13-4-1-2-7-16(13)14/h1-10H,11-12H2,(H,22,23). The van der Waals surface area contributed by atoms with Crippen LogP contribution in [0, 0.1) is 0 Å². The maximum Gasteiger partial charge on any atom is 0.258 e. The molecule has 0 fully saturated rings. The Morgan fingerprint density at radius 3 is 2.62 bits per heavy atom. The van der Waals surface area contributed by atoms with Gasteiger partial charge in [-0.05, 0) is 34.5 Å². The fraction of sp³-hybridized carbons (Fsp3) is 0.105. The molecule has 5 heteroatoms. The lowest BCUT2D eigenvalue weighted by molar-refractivity contribution is -0.123. The van der Waals surface area contributed by atoms with Crippen molar-refractivity contribution in [2.45, 2.75) is 6.54 Å². The van der Waals surface area contributed by atoms with E-state index in [4.69, 9.17) is 27.9 Å². The van der Waals surface area contributed by atoms with Crippen LogP contribution in [0.3, 0.4) is 0 Å². The van der Waals surface area contributed by atoms with Gasteiger partial charge >= 0.3 is 0 Å². The van der Waals surface area contributed by atoms with Crippen molar-refractivity contribution < 1.29 is 9.53 Å². The number of hydrogen-bond acceptors (Lipinski definition) is 2. The molecule has 0 saturated heterocycles. The minimum absolute atomic E-state index is 0.105. The van der Waals surface area contributed by atoms with E-state index in [0.29, 0.717) is 22.3 Å². The molecule has 1 amide bonds. The second kappa shape index (κ2) is 7.56. The van der Waals surface area contributed by atoms with Gasteiger partial charge in [-0.15, -0.1) is 0 Å². The number of halogens is 2. The van der Waals surface area contributed by atoms with E-state index in [1.54, 1.807) is 18.2 Å². The smallest absolute Gasteiger partial charge is 0.258 e. The highest BCUT2D eigenvalue weighted by Gasteiger charge is 2.07. The third kappa shape index (κ3) is 3.99. The molecule has 0 heterocycles. The molecule has 24 heavy (non-hydrogen) atoms. The molecule has 0 aliphatic carbocycles. The van der Waals surface area contributed by atoms with Gasteiger partial charge in [-0.3, -0.25) is 4.79 Å². The molecule has 3 aromatic rings. The van der Waals surface area contributed by atoms with Crippen LogP contribution in [0.4, 0.5) is 0 Å². The van der Waals surface area contributed by atoms with E-state index < -0.39 is 0 Å². The summed E-state index contributed by atoms with van der Waals surface area (Å²) in [5.41, 5.74) is 1.06. The molecular formula is C19H15Cl2NO2. The molecule has 0 saturated carbocycles. The zero-order chi connectivity index (χ0) is 16.9. The van der Waals surface area contributed by atoms with E-state index in [1.807, 2.05) is 42.5 Å². The monoisotopic (exact) mass is 359 g/mol. The Labute approximate surface area is 150 Å². The van der Waals surface area contributed by atoms with Crippen LogP contribution < -0.4 is 10.1 Å². The SMILES string of the molecule is O=C(COc1ccc(Cl)cc1Cl)NCc1cccc2ccccc12. The molecule has 3 rings (SSSR count). The zero-order valence-corrected chi connectivity index (χ0v) is 14.3. The van der Waals surface area contributed by atoms with Crippen LogP contribution in [0.25, 0.3) is 10.8 Å². The van der Waals surface area contributed by atoms with E-state index in [-0.39, 0.29) is 12.5 Å². The van der Waals surface area contributed by atoms with Crippen LogP contribution >= 0.6 is 23.2 Å². The average Bonchev–Trinajstić information content (AvgIpc) is 2.59. The van der Waals surface area contributed by atoms with Crippen molar-refractivity contribution in [2.24, 2.45) is 0 Å². The van der Waals surface area contributed by atoms with E-state index in [9.17, 15) is 4.79 Å². The summed E-state index contributed by atoms with van der Waals surface area (Å²) in [6, 6.07) is 19.0. The number of rotatable bonds is 5. The Bertz CT molecular complexity index is 875. The first-order chi connectivity index (χ1) is 11.6. The van der Waals surface area contributed by atoms with E-state index in [0.717, 1.165) is 16.3 Å². The molecule has 0 radical (unpaired) electrons. The van der Waals surface area contributed by atoms with Crippen molar-refractivity contribution in [3.63, 3.8) is 0 Å². The number of amides is 1. The highest BCUT2D eigenvalue weighted by Crippen LogP contribution is 2.27. The molecule has 0 aromatic heterocycles. The maximum atomic E-state index is 12.0. The van der Waals surface area contributed by atoms with Crippen LogP contribution in [0.5, 0.6) is 5.75 Å². The first kappa shape index (κ1) is 16.6. The van der Waals surface area contributed by atoms with Crippen molar-refractivity contribution in [1.29, 1.82) is 0 Å². The Morgan fingerprint density at radius 2 is 1.79 bits per heavy atom. The Morgan fingerprint density at radius 1 is 1.00 bits per heavy atom. The van der Waals surface area contributed by atoms with Gasteiger partial charge in [-0.25, -0.2) is 0 Å². The predicted octanol–water partition coefficient (Wildman–Crippen LogP) is 4.84. The number of nitrogens with one attached hydrogen (secondary N) is 1. The lowest BCUT2D eigenvalue weighted by Crippen LogP contribution is -2.28. The minimum Gasteiger partial charge on any atom is -0.482 e. The van der Waals surface area contributed by atoms with Gasteiger partial charge in [0.25, 0.3) is 5.91 Å². The fourth-order valence-electron chi connectivity index (χ4n) is 2.43. The maximum absolute atomic E-state index is 12.0. The van der Waals surface area contributed by atoms with Crippen LogP contribution in [-0.4, -0.2) is 12.5 Å². The Hall–Kier alpha value is -2.23. The van der Waals surface area contributed by atoms with Crippen molar-refractivity contribution in [2.75, 3.05) is 6.61 Å². The molecule has 122 valence electrons. The largest absolute Gasteiger partial charge is 0.482 e. The van der Waals surface area contributed by atoms with Gasteiger partial charge in [-0.2, -0.15) is 0 Å². The van der Waals surface area contributed by atoms with Gasteiger partial charge in [-0.1, -0.05) is 65.7 Å². The molecule has 1 N–H and O–H groups in total. The molecule has 0 aliphatic rings. The van der Waals surface area contributed by atoms with Gasteiger partial charge in [0.1, 0.15) is 5.75 Å². The molecular weight excluding hydrogens is 345 g/mol. The third-order valence-corrected chi connectivity index (χ3v) is 4.14. The normalized spacial score (nSPS) is 10.6. The quantitative estimate of drug-likeness (QED) is 0.707. The summed E-state index contributed by atoms with van der Waals surface area (Å²) >= 11 is 11.8. The molecule has 0 bridgehead atoms. The number of carbonyl (C=O) groups is 1. The van der Waals surface area contributed by atoms with Gasteiger partial charge in [0.2, 0.25) is 0 Å². The summed E-state index contributed by atoms with van der Waals surface area (Å²) in [4.78, 5) is 12.0. The van der Waals surface area contributed by atoms with Crippen molar-refractivity contribution in [1.82, 2.24) is 5.32 Å². The topological polar surface area (TPSA) is 38.3 Å². The van der Waals surface area contributed by atoms with Crippen molar-refractivity contribution in [3.8, 4) is 5.75 Å². The van der Waals surface area contributed by atoms with Crippen LogP contribution in [-0.2, 0) is 11.3 Å². The fourth-order valence-corrected chi connectivity index (χ4v) is 2.89. The first-order valence-electron chi connectivity index (χ1n) is 7.44. The predicted molar refractivity (Wildman–Crippen MR) is 97.8 cm³/mol. The van der Waals surface area contributed by atoms with Gasteiger partial charge in [0, 0.05) is 11.6 Å². The van der Waals surface area contributed by atoms with Crippen molar-refractivity contribution in [3.05, 3.63) is 76.3 Å². The van der Waals surface area contributed by atoms with Gasteiger partial charge in [0.15, 0.2) is 6.61 Å². The second-order valence-corrected chi connectivity index (χ2v) is 6.12. The molecule has 0 aliphatic heterocycles. The molecule has 0 spiro atoms. The van der Waals surface area contributed by atoms with E-state index >= 15 is 0 Å². The van der Waals surface area contributed by atoms with Gasteiger partial charge in [0.05, 0.1) is 5.02 Å². The zero-order valence-electron chi connectivity index (χ0n) is 12.8. The second-order valence-electron chi connectivity index (χ2n) is 5.28. The molecule has 3 nitrogen and oxygen atoms in total. The summed E-state index contributed by atoms with van der Waals surface area (Å²) in [7, 11) is 0. The Balaban J connectivity index is 1.59. The summed E-state index contributed by atoms with van der Waals surface area (Å²) in [6.07, 6.45) is 0. The number of benzene rings is 3. The number of carbonyl (C=O) groups excluding carboxylic acids is 1. The van der Waals surface area contributed by atoms with E-state index in [1.165, 1.54) is 0 Å². The molecule has 3 aromatic carbocycles. The average molecular weight is 360 g/mol. The highest BCUT2D eigenvalue weighted by molar-refractivity contribution is 6.35. The third-order valence-electron chi connectivity index (χ3n) is 3.61.